The lowest BCUT2D eigenvalue weighted by atomic mass is 9.97. The minimum atomic E-state index is -1.20. The lowest BCUT2D eigenvalue weighted by molar-refractivity contribution is 0.0686. The van der Waals surface area contributed by atoms with Crippen LogP contribution < -0.4 is 10.7 Å². The number of nitrogens with zero attached hydrogens (tertiary/aromatic N) is 2. The molecule has 7 nitrogen and oxygen atoms in total. The Labute approximate surface area is 201 Å². The van der Waals surface area contributed by atoms with E-state index in [1.54, 1.807) is 12.1 Å². The molecule has 5 rings (SSSR count). The van der Waals surface area contributed by atoms with Gasteiger partial charge in [0, 0.05) is 48.5 Å². The van der Waals surface area contributed by atoms with Gasteiger partial charge in [0.2, 0.25) is 5.43 Å². The Morgan fingerprint density at radius 3 is 2.57 bits per heavy atom. The Morgan fingerprint density at radius 1 is 1.14 bits per heavy atom. The number of rotatable bonds is 3. The van der Waals surface area contributed by atoms with Gasteiger partial charge in [-0.2, -0.15) is 0 Å². The fourth-order valence-electron chi connectivity index (χ4n) is 4.57. The quantitative estimate of drug-likeness (QED) is 0.574. The van der Waals surface area contributed by atoms with Gasteiger partial charge in [-0.25, -0.2) is 13.2 Å². The van der Waals surface area contributed by atoms with Gasteiger partial charge in [0.15, 0.2) is 11.4 Å². The SMILES string of the molecule is O=C(NCc1c(F)cc(F)cc1F)c1cn2c(c(O)c1=O)C(=O)N1CCc3ccc(Cl)cc3C2C1. The maximum Gasteiger partial charge on any atom is 0.274 e. The number of fused-ring (bicyclic) bond motifs is 6. The second-order valence-electron chi connectivity index (χ2n) is 8.37. The molecule has 2 aromatic carbocycles. The highest BCUT2D eigenvalue weighted by molar-refractivity contribution is 6.30. The van der Waals surface area contributed by atoms with Crippen molar-refractivity contribution >= 4 is 23.4 Å². The topological polar surface area (TPSA) is 91.6 Å². The van der Waals surface area contributed by atoms with E-state index in [4.69, 9.17) is 11.6 Å². The fourth-order valence-corrected chi connectivity index (χ4v) is 4.75. The number of carbonyl (C=O) groups is 2. The van der Waals surface area contributed by atoms with Gasteiger partial charge in [0.25, 0.3) is 11.8 Å². The minimum absolute atomic E-state index is 0.231. The summed E-state index contributed by atoms with van der Waals surface area (Å²) in [6.45, 7) is -0.0729. The summed E-state index contributed by atoms with van der Waals surface area (Å²) in [4.78, 5) is 40.2. The van der Waals surface area contributed by atoms with Crippen LogP contribution in [0.5, 0.6) is 5.75 Å². The molecule has 2 bridgehead atoms. The Hall–Kier alpha value is -3.79. The van der Waals surface area contributed by atoms with Gasteiger partial charge in [0.1, 0.15) is 23.0 Å². The van der Waals surface area contributed by atoms with Crippen LogP contribution in [0.2, 0.25) is 5.02 Å². The second kappa shape index (κ2) is 8.46. The monoisotopic (exact) mass is 503 g/mol. The highest BCUT2D eigenvalue weighted by Gasteiger charge is 2.38. The fraction of sp³-hybridized carbons (Fsp3) is 0.208. The van der Waals surface area contributed by atoms with Gasteiger partial charge in [-0.3, -0.25) is 14.4 Å². The number of amides is 2. The van der Waals surface area contributed by atoms with Crippen molar-refractivity contribution in [3.8, 4) is 5.75 Å². The molecule has 1 aromatic heterocycles. The number of carbonyl (C=O) groups excluding carboxylic acids is 2. The van der Waals surface area contributed by atoms with Crippen molar-refractivity contribution in [2.24, 2.45) is 0 Å². The summed E-state index contributed by atoms with van der Waals surface area (Å²) in [7, 11) is 0. The normalized spacial score (nSPS) is 16.4. The van der Waals surface area contributed by atoms with Crippen molar-refractivity contribution in [3.05, 3.63) is 97.2 Å². The van der Waals surface area contributed by atoms with E-state index in [-0.39, 0.29) is 12.2 Å². The first-order chi connectivity index (χ1) is 16.7. The summed E-state index contributed by atoms with van der Waals surface area (Å²) in [6, 6.07) is 5.70. The zero-order valence-electron chi connectivity index (χ0n) is 17.9. The van der Waals surface area contributed by atoms with Crippen LogP contribution in [0.3, 0.4) is 0 Å². The molecule has 0 radical (unpaired) electrons. The third-order valence-corrected chi connectivity index (χ3v) is 6.56. The van der Waals surface area contributed by atoms with Gasteiger partial charge >= 0.3 is 0 Å². The predicted molar refractivity (Wildman–Crippen MR) is 119 cm³/mol. The van der Waals surface area contributed by atoms with E-state index in [0.29, 0.717) is 30.1 Å². The molecule has 3 heterocycles. The number of halogens is 4. The zero-order chi connectivity index (χ0) is 25.0. The molecule has 0 saturated carbocycles. The third-order valence-electron chi connectivity index (χ3n) is 6.32. The van der Waals surface area contributed by atoms with Crippen LogP contribution in [-0.2, 0) is 13.0 Å². The lowest BCUT2D eigenvalue weighted by Crippen LogP contribution is -2.45. The first-order valence-corrected chi connectivity index (χ1v) is 11.0. The van der Waals surface area contributed by atoms with Crippen molar-refractivity contribution < 1.29 is 27.9 Å². The van der Waals surface area contributed by atoms with Crippen LogP contribution in [0.15, 0.2) is 41.3 Å². The van der Waals surface area contributed by atoms with E-state index in [1.165, 1.54) is 9.47 Å². The van der Waals surface area contributed by atoms with Gasteiger partial charge in [-0.15, -0.1) is 0 Å². The van der Waals surface area contributed by atoms with Crippen molar-refractivity contribution in [2.75, 3.05) is 13.1 Å². The number of hydrogen-bond donors (Lipinski definition) is 2. The molecule has 0 aliphatic carbocycles. The van der Waals surface area contributed by atoms with E-state index in [2.05, 4.69) is 5.32 Å². The first kappa shape index (κ1) is 23.0. The second-order valence-corrected chi connectivity index (χ2v) is 8.80. The van der Waals surface area contributed by atoms with E-state index in [0.717, 1.165) is 17.3 Å². The first-order valence-electron chi connectivity index (χ1n) is 10.6. The van der Waals surface area contributed by atoms with E-state index in [1.807, 2.05) is 6.07 Å². The van der Waals surface area contributed by atoms with E-state index >= 15 is 0 Å². The zero-order valence-corrected chi connectivity index (χ0v) is 18.7. The molecular weight excluding hydrogens is 487 g/mol. The molecular formula is C24H17ClF3N3O4. The number of hydrogen-bond acceptors (Lipinski definition) is 4. The van der Waals surface area contributed by atoms with Gasteiger partial charge in [-0.1, -0.05) is 17.7 Å². The highest BCUT2D eigenvalue weighted by atomic mass is 35.5. The molecule has 35 heavy (non-hydrogen) atoms. The van der Waals surface area contributed by atoms with Crippen LogP contribution in [0, 0.1) is 17.5 Å². The number of pyridine rings is 1. The molecule has 0 fully saturated rings. The number of aromatic hydroxyl groups is 1. The molecule has 180 valence electrons. The molecule has 0 spiro atoms. The Morgan fingerprint density at radius 2 is 1.86 bits per heavy atom. The average molecular weight is 504 g/mol. The van der Waals surface area contributed by atoms with Crippen LogP contribution >= 0.6 is 11.6 Å². The van der Waals surface area contributed by atoms with Crippen LogP contribution in [0.1, 0.15) is 43.6 Å². The maximum atomic E-state index is 13.9. The van der Waals surface area contributed by atoms with Crippen LogP contribution in [0.4, 0.5) is 13.2 Å². The van der Waals surface area contributed by atoms with Crippen molar-refractivity contribution in [3.63, 3.8) is 0 Å². The van der Waals surface area contributed by atoms with E-state index < -0.39 is 64.2 Å². The highest BCUT2D eigenvalue weighted by Crippen LogP contribution is 2.36. The Kier molecular flexibility index (Phi) is 5.55. The summed E-state index contributed by atoms with van der Waals surface area (Å²) in [5.74, 6) is -6.01. The average Bonchev–Trinajstić information content (AvgIpc) is 2.96. The Bertz CT molecular complexity index is 1450. The van der Waals surface area contributed by atoms with Crippen molar-refractivity contribution in [1.82, 2.24) is 14.8 Å². The van der Waals surface area contributed by atoms with Crippen LogP contribution in [-0.4, -0.2) is 39.5 Å². The summed E-state index contributed by atoms with van der Waals surface area (Å²) in [5.41, 5.74) is -0.782. The summed E-state index contributed by atoms with van der Waals surface area (Å²) >= 11 is 6.20. The third kappa shape index (κ3) is 3.83. The van der Waals surface area contributed by atoms with Gasteiger partial charge < -0.3 is 19.9 Å². The summed E-state index contributed by atoms with van der Waals surface area (Å²) < 4.78 is 42.4. The number of benzene rings is 2. The maximum absolute atomic E-state index is 13.9. The van der Waals surface area contributed by atoms with Gasteiger partial charge in [0.05, 0.1) is 6.04 Å². The van der Waals surface area contributed by atoms with Crippen molar-refractivity contribution in [2.45, 2.75) is 19.0 Å². The lowest BCUT2D eigenvalue weighted by Gasteiger charge is -2.35. The molecule has 2 aliphatic heterocycles. The van der Waals surface area contributed by atoms with E-state index in [9.17, 15) is 32.7 Å². The molecule has 2 aliphatic rings. The molecule has 3 aromatic rings. The molecule has 2 N–H and O–H groups in total. The number of nitrogens with one attached hydrogen (secondary N) is 1. The molecule has 1 atom stereocenters. The molecule has 0 saturated heterocycles. The Balaban J connectivity index is 1.56. The largest absolute Gasteiger partial charge is 0.503 e. The smallest absolute Gasteiger partial charge is 0.274 e. The van der Waals surface area contributed by atoms with Gasteiger partial charge in [-0.05, 0) is 29.7 Å². The predicted octanol–water partition coefficient (Wildman–Crippen LogP) is 3.16. The minimum Gasteiger partial charge on any atom is -0.503 e. The standard InChI is InChI=1S/C24H17ClF3N3O4/c25-12-2-1-11-3-4-30-10-19(14(11)5-12)31-9-16(21(32)22(33)20(31)24(30)35)23(34)29-8-15-17(27)6-13(26)7-18(15)28/h1-2,5-7,9,19,33H,3-4,8,10H2,(H,29,34). The summed E-state index contributed by atoms with van der Waals surface area (Å²) in [6.07, 6.45) is 1.69. The molecule has 2 amide bonds. The van der Waals surface area contributed by atoms with Crippen molar-refractivity contribution in [1.29, 1.82) is 0 Å². The number of aromatic nitrogens is 1. The molecule has 1 unspecified atom stereocenters. The molecule has 11 heteroatoms. The van der Waals surface area contributed by atoms with Crippen LogP contribution in [0.25, 0.3) is 0 Å². The summed E-state index contributed by atoms with van der Waals surface area (Å²) in [5, 5.41) is 13.3.